The molecule has 25 heteroatoms. The van der Waals surface area contributed by atoms with Crippen molar-refractivity contribution in [2.24, 2.45) is 11.0 Å². The molecule has 7 amide bonds. The molecule has 6 atom stereocenters. The van der Waals surface area contributed by atoms with Gasteiger partial charge in [0.05, 0.1) is 25.9 Å². The summed E-state index contributed by atoms with van der Waals surface area (Å²) >= 11 is 0. The molecule has 1 aromatic heterocycles. The van der Waals surface area contributed by atoms with Crippen molar-refractivity contribution in [1.29, 1.82) is 0 Å². The number of carboxylic acids is 2. The number of benzene rings is 3. The predicted molar refractivity (Wildman–Crippen MR) is 282 cm³/mol. The van der Waals surface area contributed by atoms with Crippen molar-refractivity contribution in [2.45, 2.75) is 96.5 Å². The van der Waals surface area contributed by atoms with Gasteiger partial charge in [0.15, 0.2) is 0 Å². The summed E-state index contributed by atoms with van der Waals surface area (Å²) in [4.78, 5) is 133. The SMILES string of the molecule is CC[C@H](C)[C@H](NC(=O)[C@H](CCC(=O)O)NC(=O)[C@H](CCC(=O)O)NC(=O)[C@H](Cc1ccc(O)cc1)NC(=O)c1cc2ccc(N(CC)CC)cc2oc1=O)C(=O)NCC(=O)NCC(=O)N/N=C/c1ccc(OCC2CO2)cc1. The summed E-state index contributed by atoms with van der Waals surface area (Å²) in [6, 6.07) is 12.5. The van der Waals surface area contributed by atoms with Gasteiger partial charge in [-0.25, -0.2) is 10.2 Å². The van der Waals surface area contributed by atoms with Crippen molar-refractivity contribution in [2.75, 3.05) is 44.3 Å². The maximum Gasteiger partial charge on any atom is 0.349 e. The number of anilines is 1. The summed E-state index contributed by atoms with van der Waals surface area (Å²) in [6.07, 6.45) is -0.980. The first kappa shape index (κ1) is 60.0. The third-order valence-corrected chi connectivity index (χ3v) is 12.4. The van der Waals surface area contributed by atoms with Crippen LogP contribution >= 0.6 is 0 Å². The quantitative estimate of drug-likeness (QED) is 0.0146. The van der Waals surface area contributed by atoms with E-state index in [1.807, 2.05) is 18.7 Å². The van der Waals surface area contributed by atoms with Crippen LogP contribution in [0.3, 0.4) is 0 Å². The van der Waals surface area contributed by atoms with Gasteiger partial charge in [-0.3, -0.25) is 43.2 Å². The molecule has 1 aliphatic heterocycles. The molecule has 0 radical (unpaired) electrons. The van der Waals surface area contributed by atoms with Crippen molar-refractivity contribution >= 4 is 76.2 Å². The molecule has 3 aromatic carbocycles. The molecule has 2 heterocycles. The molecule has 418 valence electrons. The highest BCUT2D eigenvalue weighted by Gasteiger charge is 2.34. The van der Waals surface area contributed by atoms with Crippen LogP contribution in [0.25, 0.3) is 11.0 Å². The van der Waals surface area contributed by atoms with Crippen LogP contribution in [0.2, 0.25) is 0 Å². The molecule has 4 aromatic rings. The highest BCUT2D eigenvalue weighted by atomic mass is 16.6. The van der Waals surface area contributed by atoms with Crippen molar-refractivity contribution in [3.63, 3.8) is 0 Å². The fourth-order valence-electron chi connectivity index (χ4n) is 7.67. The van der Waals surface area contributed by atoms with Gasteiger partial charge < -0.3 is 66.0 Å². The Morgan fingerprint density at radius 3 is 1.94 bits per heavy atom. The first-order chi connectivity index (χ1) is 37.3. The molecule has 0 aliphatic carbocycles. The molecule has 0 spiro atoms. The molecule has 0 bridgehead atoms. The normalized spacial score (nSPS) is 14.6. The standard InChI is InChI=1S/C53H65N9O16/c1-5-30(4)47(52(74)55-26-43(64)54-27-44(65)61-56-25-32-10-16-36(17-11-32)76-28-37-29-77-37)60-50(72)40(19-21-46(68)69)57-49(71)39(18-20-45(66)67)58-51(73)41(22-31-8-14-35(63)15-9-31)59-48(70)38-23-33-12-13-34(62(6-2)7-3)24-42(33)78-53(38)75/h8-17,23-25,30,37,39-41,47,63H,5-7,18-22,26-29H2,1-4H3,(H,54,64)(H,55,74)(H,57,71)(H,58,73)(H,59,70)(H,60,72)(H,61,65)(H,66,67)(H,68,69)/b56-25+/t30-,37?,39-,40-,41-,47-/m0/s1. The van der Waals surface area contributed by atoms with Gasteiger partial charge in [0, 0.05) is 49.5 Å². The van der Waals surface area contributed by atoms with Gasteiger partial charge in [0.2, 0.25) is 29.5 Å². The van der Waals surface area contributed by atoms with Crippen LogP contribution in [0, 0.1) is 5.92 Å². The minimum atomic E-state index is -1.73. The van der Waals surface area contributed by atoms with Gasteiger partial charge in [0.25, 0.3) is 11.8 Å². The van der Waals surface area contributed by atoms with Crippen LogP contribution in [0.1, 0.15) is 81.3 Å². The number of nitrogens with zero attached hydrogens (tertiary/aromatic N) is 2. The van der Waals surface area contributed by atoms with Crippen molar-refractivity contribution in [3.8, 4) is 11.5 Å². The Bertz CT molecular complexity index is 2870. The van der Waals surface area contributed by atoms with Crippen molar-refractivity contribution in [1.82, 2.24) is 37.3 Å². The Kier molecular flexibility index (Phi) is 22.6. The fraction of sp³-hybridized carbons (Fsp3) is 0.415. The number of hydrazone groups is 1. The van der Waals surface area contributed by atoms with Crippen LogP contribution in [-0.2, 0) is 49.5 Å². The third-order valence-electron chi connectivity index (χ3n) is 12.4. The summed E-state index contributed by atoms with van der Waals surface area (Å²) in [5, 5.41) is 47.9. The number of carbonyl (C=O) groups excluding carboxylic acids is 7. The molecule has 1 aliphatic rings. The van der Waals surface area contributed by atoms with Gasteiger partial charge >= 0.3 is 17.6 Å². The number of epoxide rings is 1. The van der Waals surface area contributed by atoms with E-state index in [2.05, 4.69) is 42.4 Å². The van der Waals surface area contributed by atoms with E-state index in [0.29, 0.717) is 55.0 Å². The third kappa shape index (κ3) is 19.1. The van der Waals surface area contributed by atoms with Gasteiger partial charge in [-0.2, -0.15) is 5.10 Å². The number of aromatic hydroxyl groups is 1. The fourth-order valence-corrected chi connectivity index (χ4v) is 7.67. The minimum Gasteiger partial charge on any atom is -0.508 e. The van der Waals surface area contributed by atoms with Crippen molar-refractivity contribution < 1.29 is 72.4 Å². The highest BCUT2D eigenvalue weighted by Crippen LogP contribution is 2.23. The van der Waals surface area contributed by atoms with Crippen LogP contribution < -0.4 is 52.6 Å². The van der Waals surface area contributed by atoms with Gasteiger partial charge in [-0.15, -0.1) is 0 Å². The molecule has 25 nitrogen and oxygen atoms in total. The number of ether oxygens (including phenoxy) is 2. The second-order valence-electron chi connectivity index (χ2n) is 18.2. The second-order valence-corrected chi connectivity index (χ2v) is 18.2. The number of rotatable bonds is 31. The smallest absolute Gasteiger partial charge is 0.349 e. The minimum absolute atomic E-state index is 0.101. The lowest BCUT2D eigenvalue weighted by atomic mass is 9.97. The van der Waals surface area contributed by atoms with Crippen molar-refractivity contribution in [3.05, 3.63) is 99.9 Å². The average molecular weight is 1080 g/mol. The second kappa shape index (κ2) is 29.4. The largest absolute Gasteiger partial charge is 0.508 e. The number of nitrogens with one attached hydrogen (secondary N) is 7. The molecule has 1 unspecified atom stereocenters. The number of hydrogen-bond acceptors (Lipinski definition) is 16. The lowest BCUT2D eigenvalue weighted by molar-refractivity contribution is -0.140. The Hall–Kier alpha value is -8.87. The molecular formula is C53H65N9O16. The first-order valence-electron chi connectivity index (χ1n) is 25.2. The Morgan fingerprint density at radius 1 is 0.744 bits per heavy atom. The molecule has 10 N–H and O–H groups in total. The van der Waals surface area contributed by atoms with Crippen LogP contribution in [0.4, 0.5) is 5.69 Å². The Morgan fingerprint density at radius 2 is 1.35 bits per heavy atom. The number of phenolic OH excluding ortho intramolecular Hbond substituents is 1. The summed E-state index contributed by atoms with van der Waals surface area (Å²) in [5.74, 6) is -9.40. The molecule has 78 heavy (non-hydrogen) atoms. The van der Waals surface area contributed by atoms with Crippen LogP contribution in [0.5, 0.6) is 11.5 Å². The number of carboxylic acid groups (broad SMARTS) is 2. The summed E-state index contributed by atoms with van der Waals surface area (Å²) < 4.78 is 16.2. The van der Waals surface area contributed by atoms with E-state index in [-0.39, 0.29) is 23.9 Å². The predicted octanol–water partition coefficient (Wildman–Crippen LogP) is 1.08. The van der Waals surface area contributed by atoms with E-state index in [4.69, 9.17) is 13.9 Å². The molecule has 5 rings (SSSR count). The van der Waals surface area contributed by atoms with E-state index in [0.717, 1.165) is 5.69 Å². The van der Waals surface area contributed by atoms with E-state index in [9.17, 15) is 63.3 Å². The number of hydrogen-bond donors (Lipinski definition) is 10. The molecule has 1 saturated heterocycles. The maximum atomic E-state index is 14.2. The van der Waals surface area contributed by atoms with Gasteiger partial charge in [0.1, 0.15) is 59.5 Å². The molecule has 1 fully saturated rings. The highest BCUT2D eigenvalue weighted by molar-refractivity contribution is 6.01. The Labute approximate surface area is 447 Å². The first-order valence-corrected chi connectivity index (χ1v) is 25.2. The lowest BCUT2D eigenvalue weighted by Crippen LogP contribution is -2.59. The topological polar surface area (TPSA) is 366 Å². The Balaban J connectivity index is 1.24. The monoisotopic (exact) mass is 1080 g/mol. The van der Waals surface area contributed by atoms with E-state index in [1.54, 1.807) is 56.3 Å². The van der Waals surface area contributed by atoms with Crippen LogP contribution in [0.15, 0.2) is 87.1 Å². The summed E-state index contributed by atoms with van der Waals surface area (Å²) in [6.45, 7) is 8.54. The van der Waals surface area contributed by atoms with E-state index >= 15 is 0 Å². The van der Waals surface area contributed by atoms with Gasteiger partial charge in [-0.1, -0.05) is 32.4 Å². The molecular weight excluding hydrogens is 1020 g/mol. The summed E-state index contributed by atoms with van der Waals surface area (Å²) in [7, 11) is 0. The number of aliphatic carboxylic acids is 2. The van der Waals surface area contributed by atoms with Gasteiger partial charge in [-0.05, 0) is 98.3 Å². The summed E-state index contributed by atoms with van der Waals surface area (Å²) in [5.41, 5.74) is 2.81. The zero-order valence-electron chi connectivity index (χ0n) is 43.5. The number of amides is 7. The van der Waals surface area contributed by atoms with E-state index < -0.39 is 133 Å². The number of phenols is 1. The maximum absolute atomic E-state index is 14.2. The zero-order chi connectivity index (χ0) is 56.9. The molecule has 0 saturated carbocycles. The van der Waals surface area contributed by atoms with Crippen LogP contribution in [-0.4, -0.2) is 144 Å². The zero-order valence-corrected chi connectivity index (χ0v) is 43.5. The lowest BCUT2D eigenvalue weighted by Gasteiger charge is -2.28. The van der Waals surface area contributed by atoms with E-state index in [1.165, 1.54) is 36.5 Å². The number of carbonyl (C=O) groups is 9. The average Bonchev–Trinajstić information content (AvgIpc) is 4.26. The number of fused-ring (bicyclic) bond motifs is 1.